The van der Waals surface area contributed by atoms with Gasteiger partial charge in [0.1, 0.15) is 12.1 Å². The number of hydrogen-bond acceptors (Lipinski definition) is 3. The summed E-state index contributed by atoms with van der Waals surface area (Å²) in [7, 11) is 1.83. The van der Waals surface area contributed by atoms with E-state index in [1.165, 1.54) is 18.5 Å². The van der Waals surface area contributed by atoms with Gasteiger partial charge in [-0.15, -0.1) is 0 Å². The lowest BCUT2D eigenvalue weighted by molar-refractivity contribution is 0.623. The van der Waals surface area contributed by atoms with Gasteiger partial charge in [0.2, 0.25) is 0 Å². The van der Waals surface area contributed by atoms with Gasteiger partial charge in [0, 0.05) is 18.7 Å². The fourth-order valence-electron chi connectivity index (χ4n) is 1.82. The molecule has 0 saturated carbocycles. The van der Waals surface area contributed by atoms with Crippen molar-refractivity contribution >= 4 is 0 Å². The molecule has 0 saturated heterocycles. The molecule has 1 heterocycles. The Morgan fingerprint density at radius 2 is 2.24 bits per heavy atom. The third-order valence-electron chi connectivity index (χ3n) is 2.59. The molecule has 17 heavy (non-hydrogen) atoms. The predicted molar refractivity (Wildman–Crippen MR) is 63.9 cm³/mol. The van der Waals surface area contributed by atoms with E-state index in [-0.39, 0.29) is 5.82 Å². The first-order chi connectivity index (χ1) is 8.26. The molecule has 0 unspecified atom stereocenters. The summed E-state index contributed by atoms with van der Waals surface area (Å²) >= 11 is 0. The molecule has 0 amide bonds. The van der Waals surface area contributed by atoms with Crippen LogP contribution in [0.2, 0.25) is 0 Å². The SMILES string of the molecule is CCn1ncnc1-c1ccc(F)cc1CNC. The molecule has 0 aliphatic rings. The van der Waals surface area contributed by atoms with Gasteiger partial charge in [0.25, 0.3) is 0 Å². The summed E-state index contributed by atoms with van der Waals surface area (Å²) in [5.74, 6) is 0.541. The number of nitrogens with zero attached hydrogens (tertiary/aromatic N) is 3. The molecule has 90 valence electrons. The van der Waals surface area contributed by atoms with Crippen LogP contribution in [0.15, 0.2) is 24.5 Å². The standard InChI is InChI=1S/C12H15FN4/c1-3-17-12(15-8-16-17)11-5-4-10(13)6-9(11)7-14-2/h4-6,8,14H,3,7H2,1-2H3. The van der Waals surface area contributed by atoms with Crippen LogP contribution in [-0.2, 0) is 13.1 Å². The van der Waals surface area contributed by atoms with Crippen molar-refractivity contribution in [3.05, 3.63) is 35.9 Å². The number of aryl methyl sites for hydroxylation is 1. The summed E-state index contributed by atoms with van der Waals surface area (Å²) < 4.78 is 15.0. The lowest BCUT2D eigenvalue weighted by Gasteiger charge is -2.09. The van der Waals surface area contributed by atoms with E-state index in [2.05, 4.69) is 15.4 Å². The van der Waals surface area contributed by atoms with Crippen molar-refractivity contribution in [2.75, 3.05) is 7.05 Å². The van der Waals surface area contributed by atoms with Crippen molar-refractivity contribution in [1.82, 2.24) is 20.1 Å². The van der Waals surface area contributed by atoms with E-state index in [9.17, 15) is 4.39 Å². The Morgan fingerprint density at radius 3 is 2.94 bits per heavy atom. The molecule has 0 radical (unpaired) electrons. The first-order valence-corrected chi connectivity index (χ1v) is 5.57. The molecule has 0 aliphatic carbocycles. The van der Waals surface area contributed by atoms with Crippen molar-refractivity contribution in [3.63, 3.8) is 0 Å². The molecule has 1 N–H and O–H groups in total. The van der Waals surface area contributed by atoms with Gasteiger partial charge in [-0.05, 0) is 37.7 Å². The minimum absolute atomic E-state index is 0.235. The smallest absolute Gasteiger partial charge is 0.158 e. The van der Waals surface area contributed by atoms with E-state index in [0.29, 0.717) is 6.54 Å². The van der Waals surface area contributed by atoms with Gasteiger partial charge in [-0.2, -0.15) is 5.10 Å². The van der Waals surface area contributed by atoms with Crippen LogP contribution >= 0.6 is 0 Å². The van der Waals surface area contributed by atoms with Gasteiger partial charge in [0.05, 0.1) is 0 Å². The monoisotopic (exact) mass is 234 g/mol. The maximum Gasteiger partial charge on any atom is 0.158 e. The third-order valence-corrected chi connectivity index (χ3v) is 2.59. The van der Waals surface area contributed by atoms with Gasteiger partial charge in [-0.1, -0.05) is 0 Å². The molecule has 2 rings (SSSR count). The molecule has 4 nitrogen and oxygen atoms in total. The average Bonchev–Trinajstić information content (AvgIpc) is 2.78. The molecule has 2 aromatic rings. The summed E-state index contributed by atoms with van der Waals surface area (Å²) in [5.41, 5.74) is 1.80. The Labute approximate surface area is 99.5 Å². The van der Waals surface area contributed by atoms with Gasteiger partial charge in [-0.25, -0.2) is 14.1 Å². The maximum absolute atomic E-state index is 13.2. The zero-order valence-electron chi connectivity index (χ0n) is 9.94. The van der Waals surface area contributed by atoms with Crippen molar-refractivity contribution in [1.29, 1.82) is 0 Å². The Balaban J connectivity index is 2.50. The summed E-state index contributed by atoms with van der Waals surface area (Å²) in [6.07, 6.45) is 1.52. The van der Waals surface area contributed by atoms with E-state index < -0.39 is 0 Å². The third kappa shape index (κ3) is 2.34. The van der Waals surface area contributed by atoms with Gasteiger partial charge in [-0.3, -0.25) is 0 Å². The second-order valence-corrected chi connectivity index (χ2v) is 3.73. The Hall–Kier alpha value is -1.75. The summed E-state index contributed by atoms with van der Waals surface area (Å²) in [6.45, 7) is 3.34. The number of hydrogen-bond donors (Lipinski definition) is 1. The van der Waals surface area contributed by atoms with E-state index in [4.69, 9.17) is 0 Å². The van der Waals surface area contributed by atoms with Gasteiger partial charge < -0.3 is 5.32 Å². The van der Waals surface area contributed by atoms with E-state index in [1.54, 1.807) is 10.7 Å². The lowest BCUT2D eigenvalue weighted by Crippen LogP contribution is -2.09. The summed E-state index contributed by atoms with van der Waals surface area (Å²) in [4.78, 5) is 4.23. The molecular weight excluding hydrogens is 219 g/mol. The number of halogens is 1. The Bertz CT molecular complexity index is 507. The first-order valence-electron chi connectivity index (χ1n) is 5.57. The lowest BCUT2D eigenvalue weighted by atomic mass is 10.1. The number of rotatable bonds is 4. The number of benzene rings is 1. The van der Waals surface area contributed by atoms with E-state index in [1.807, 2.05) is 14.0 Å². The molecule has 5 heteroatoms. The van der Waals surface area contributed by atoms with Crippen LogP contribution in [-0.4, -0.2) is 21.8 Å². The largest absolute Gasteiger partial charge is 0.316 e. The first kappa shape index (κ1) is 11.7. The Morgan fingerprint density at radius 1 is 1.41 bits per heavy atom. The number of nitrogens with one attached hydrogen (secondary N) is 1. The van der Waals surface area contributed by atoms with Crippen molar-refractivity contribution in [2.45, 2.75) is 20.0 Å². The molecule has 1 aromatic carbocycles. The molecule has 1 aromatic heterocycles. The molecule has 0 atom stereocenters. The second kappa shape index (κ2) is 5.05. The van der Waals surface area contributed by atoms with E-state index >= 15 is 0 Å². The van der Waals surface area contributed by atoms with Gasteiger partial charge >= 0.3 is 0 Å². The maximum atomic E-state index is 13.2. The molecule has 0 fully saturated rings. The molecule has 0 spiro atoms. The van der Waals surface area contributed by atoms with Crippen LogP contribution in [0.25, 0.3) is 11.4 Å². The number of aromatic nitrogens is 3. The fraction of sp³-hybridized carbons (Fsp3) is 0.333. The average molecular weight is 234 g/mol. The highest BCUT2D eigenvalue weighted by Crippen LogP contribution is 2.22. The van der Waals surface area contributed by atoms with Crippen LogP contribution < -0.4 is 5.32 Å². The zero-order valence-corrected chi connectivity index (χ0v) is 9.94. The van der Waals surface area contributed by atoms with E-state index in [0.717, 1.165) is 23.5 Å². The van der Waals surface area contributed by atoms with Crippen LogP contribution in [0.3, 0.4) is 0 Å². The molecular formula is C12H15FN4. The van der Waals surface area contributed by atoms with Crippen molar-refractivity contribution < 1.29 is 4.39 Å². The fourth-order valence-corrected chi connectivity index (χ4v) is 1.82. The van der Waals surface area contributed by atoms with Crippen molar-refractivity contribution in [2.24, 2.45) is 0 Å². The highest BCUT2D eigenvalue weighted by molar-refractivity contribution is 5.60. The molecule has 0 bridgehead atoms. The minimum Gasteiger partial charge on any atom is -0.316 e. The molecule has 0 aliphatic heterocycles. The van der Waals surface area contributed by atoms with Crippen LogP contribution in [0.1, 0.15) is 12.5 Å². The predicted octanol–water partition coefficient (Wildman–Crippen LogP) is 1.82. The summed E-state index contributed by atoms with van der Waals surface area (Å²) in [5, 5.41) is 7.15. The zero-order chi connectivity index (χ0) is 12.3. The van der Waals surface area contributed by atoms with Crippen LogP contribution in [0, 0.1) is 5.82 Å². The van der Waals surface area contributed by atoms with Crippen LogP contribution in [0.4, 0.5) is 4.39 Å². The normalized spacial score (nSPS) is 10.8. The second-order valence-electron chi connectivity index (χ2n) is 3.73. The topological polar surface area (TPSA) is 42.7 Å². The summed E-state index contributed by atoms with van der Waals surface area (Å²) in [6, 6.07) is 4.72. The van der Waals surface area contributed by atoms with Crippen LogP contribution in [0.5, 0.6) is 0 Å². The van der Waals surface area contributed by atoms with Gasteiger partial charge in [0.15, 0.2) is 5.82 Å². The highest BCUT2D eigenvalue weighted by Gasteiger charge is 2.11. The van der Waals surface area contributed by atoms with Crippen molar-refractivity contribution in [3.8, 4) is 11.4 Å². The highest BCUT2D eigenvalue weighted by atomic mass is 19.1. The quantitative estimate of drug-likeness (QED) is 0.877. The minimum atomic E-state index is -0.235. The Kier molecular flexibility index (Phi) is 3.49.